The van der Waals surface area contributed by atoms with Crippen molar-refractivity contribution in [2.45, 2.75) is 0 Å². The van der Waals surface area contributed by atoms with Gasteiger partial charge in [-0.05, 0) is 46.5 Å². The molecule has 29 heavy (non-hydrogen) atoms. The van der Waals surface area contributed by atoms with Crippen LogP contribution < -0.4 is 4.74 Å². The minimum atomic E-state index is 0.828. The van der Waals surface area contributed by atoms with E-state index in [1.807, 2.05) is 60.7 Å². The Morgan fingerprint density at radius 3 is 1.00 bits per heavy atom. The molecule has 0 aliphatic carbocycles. The maximum absolute atomic E-state index is 5.97. The van der Waals surface area contributed by atoms with Crippen molar-refractivity contribution < 1.29 is 4.74 Å². The van der Waals surface area contributed by atoms with Crippen LogP contribution in [-0.4, -0.2) is 0 Å². The van der Waals surface area contributed by atoms with Gasteiger partial charge in [-0.15, -0.1) is 0 Å². The first kappa shape index (κ1) is 18.5. The summed E-state index contributed by atoms with van der Waals surface area (Å²) in [6.07, 6.45) is 8.43. The molecule has 0 radical (unpaired) electrons. The molecule has 0 saturated carbocycles. The largest absolute Gasteiger partial charge is 0.457 e. The molecule has 0 amide bonds. The van der Waals surface area contributed by atoms with Crippen LogP contribution in [0.25, 0.3) is 24.3 Å². The van der Waals surface area contributed by atoms with Crippen molar-refractivity contribution in [3.05, 3.63) is 131 Å². The van der Waals surface area contributed by atoms with E-state index in [1.54, 1.807) is 0 Å². The predicted octanol–water partition coefficient (Wildman–Crippen LogP) is 7.82. The minimum absolute atomic E-state index is 0.828. The van der Waals surface area contributed by atoms with E-state index in [9.17, 15) is 0 Å². The third-order valence-electron chi connectivity index (χ3n) is 4.53. The van der Waals surface area contributed by atoms with Gasteiger partial charge in [0.25, 0.3) is 0 Å². The third-order valence-corrected chi connectivity index (χ3v) is 4.53. The summed E-state index contributed by atoms with van der Waals surface area (Å²) in [6.45, 7) is 0. The highest BCUT2D eigenvalue weighted by molar-refractivity contribution is 5.70. The molecule has 0 unspecified atom stereocenters. The zero-order valence-electron chi connectivity index (χ0n) is 16.1. The van der Waals surface area contributed by atoms with Gasteiger partial charge in [-0.1, -0.05) is 109 Å². The molecule has 4 rings (SSSR count). The second-order valence-electron chi connectivity index (χ2n) is 6.73. The summed E-state index contributed by atoms with van der Waals surface area (Å²) < 4.78 is 5.97. The van der Waals surface area contributed by atoms with Crippen LogP contribution in [0, 0.1) is 0 Å². The first-order valence-corrected chi connectivity index (χ1v) is 9.69. The fourth-order valence-electron chi connectivity index (χ4n) is 2.94. The monoisotopic (exact) mass is 374 g/mol. The Kier molecular flexibility index (Phi) is 5.99. The molecule has 1 nitrogen and oxygen atoms in total. The third kappa shape index (κ3) is 5.57. The molecule has 4 aromatic carbocycles. The van der Waals surface area contributed by atoms with Crippen molar-refractivity contribution in [2.24, 2.45) is 0 Å². The average molecular weight is 374 g/mol. The molecule has 0 bridgehead atoms. The van der Waals surface area contributed by atoms with E-state index in [1.165, 1.54) is 11.1 Å². The molecule has 140 valence electrons. The number of ether oxygens (including phenoxy) is 1. The minimum Gasteiger partial charge on any atom is -0.457 e. The van der Waals surface area contributed by atoms with E-state index >= 15 is 0 Å². The van der Waals surface area contributed by atoms with Gasteiger partial charge in [-0.25, -0.2) is 0 Å². The van der Waals surface area contributed by atoms with Crippen LogP contribution >= 0.6 is 0 Å². The zero-order valence-corrected chi connectivity index (χ0v) is 16.1. The standard InChI is InChI=1S/C28H22O/c1-3-7-23(8-4-1)11-13-25-15-19-27(20-16-25)29-28-21-17-26(18-22-28)14-12-24-9-5-2-6-10-24/h1-22H. The number of hydrogen-bond acceptors (Lipinski definition) is 1. The molecule has 0 aromatic heterocycles. The topological polar surface area (TPSA) is 9.23 Å². The Morgan fingerprint density at radius 1 is 0.345 bits per heavy atom. The highest BCUT2D eigenvalue weighted by Crippen LogP contribution is 2.23. The maximum atomic E-state index is 5.97. The summed E-state index contributed by atoms with van der Waals surface area (Å²) >= 11 is 0. The van der Waals surface area contributed by atoms with Crippen LogP contribution in [0.4, 0.5) is 0 Å². The van der Waals surface area contributed by atoms with E-state index in [0.717, 1.165) is 22.6 Å². The van der Waals surface area contributed by atoms with Crippen molar-refractivity contribution in [2.75, 3.05) is 0 Å². The lowest BCUT2D eigenvalue weighted by atomic mass is 10.1. The number of benzene rings is 4. The fraction of sp³-hybridized carbons (Fsp3) is 0. The molecule has 0 aliphatic rings. The number of hydrogen-bond donors (Lipinski definition) is 0. The smallest absolute Gasteiger partial charge is 0.127 e. The SMILES string of the molecule is C(=Cc1ccc(Oc2ccc(C=Cc3ccccc3)cc2)cc1)c1ccccc1. The van der Waals surface area contributed by atoms with Crippen LogP contribution in [0.3, 0.4) is 0 Å². The molecule has 0 saturated heterocycles. The second-order valence-corrected chi connectivity index (χ2v) is 6.73. The molecular weight excluding hydrogens is 352 g/mol. The Morgan fingerprint density at radius 2 is 0.655 bits per heavy atom. The second kappa shape index (κ2) is 9.38. The summed E-state index contributed by atoms with van der Waals surface area (Å²) in [5, 5.41) is 0. The molecule has 4 aromatic rings. The van der Waals surface area contributed by atoms with Crippen molar-refractivity contribution in [3.8, 4) is 11.5 Å². The maximum Gasteiger partial charge on any atom is 0.127 e. The van der Waals surface area contributed by atoms with Crippen LogP contribution in [0.15, 0.2) is 109 Å². The lowest BCUT2D eigenvalue weighted by Gasteiger charge is -2.06. The van der Waals surface area contributed by atoms with Gasteiger partial charge >= 0.3 is 0 Å². The van der Waals surface area contributed by atoms with Gasteiger partial charge in [0.1, 0.15) is 11.5 Å². The fourth-order valence-corrected chi connectivity index (χ4v) is 2.94. The van der Waals surface area contributed by atoms with Crippen LogP contribution in [0.1, 0.15) is 22.3 Å². The highest BCUT2D eigenvalue weighted by Gasteiger charge is 1.98. The summed E-state index contributed by atoms with van der Waals surface area (Å²) in [5.74, 6) is 1.66. The van der Waals surface area contributed by atoms with Crippen LogP contribution in [-0.2, 0) is 0 Å². The first-order chi connectivity index (χ1) is 14.3. The van der Waals surface area contributed by atoms with Gasteiger partial charge in [0.15, 0.2) is 0 Å². The van der Waals surface area contributed by atoms with Crippen molar-refractivity contribution >= 4 is 24.3 Å². The molecule has 1 heteroatoms. The Hall–Kier alpha value is -3.84. The van der Waals surface area contributed by atoms with Crippen LogP contribution in [0.2, 0.25) is 0 Å². The van der Waals surface area contributed by atoms with Gasteiger partial charge in [-0.3, -0.25) is 0 Å². The van der Waals surface area contributed by atoms with Crippen LogP contribution in [0.5, 0.6) is 11.5 Å². The highest BCUT2D eigenvalue weighted by atomic mass is 16.5. The van der Waals surface area contributed by atoms with E-state index in [2.05, 4.69) is 72.8 Å². The van der Waals surface area contributed by atoms with Gasteiger partial charge in [0.05, 0.1) is 0 Å². The van der Waals surface area contributed by atoms with Gasteiger partial charge in [0, 0.05) is 0 Å². The summed E-state index contributed by atoms with van der Waals surface area (Å²) in [7, 11) is 0. The van der Waals surface area contributed by atoms with Gasteiger partial charge in [-0.2, -0.15) is 0 Å². The average Bonchev–Trinajstić information content (AvgIpc) is 2.80. The van der Waals surface area contributed by atoms with Crippen molar-refractivity contribution in [1.29, 1.82) is 0 Å². The number of rotatable bonds is 6. The van der Waals surface area contributed by atoms with Crippen molar-refractivity contribution in [1.82, 2.24) is 0 Å². The summed E-state index contributed by atoms with van der Waals surface area (Å²) in [6, 6.07) is 36.8. The zero-order chi connectivity index (χ0) is 19.7. The van der Waals surface area contributed by atoms with E-state index in [0.29, 0.717) is 0 Å². The predicted molar refractivity (Wildman–Crippen MR) is 124 cm³/mol. The Balaban J connectivity index is 1.36. The Labute approximate surface area is 172 Å². The summed E-state index contributed by atoms with van der Waals surface area (Å²) in [4.78, 5) is 0. The molecule has 0 N–H and O–H groups in total. The molecule has 0 heterocycles. The molecule has 0 spiro atoms. The van der Waals surface area contributed by atoms with E-state index < -0.39 is 0 Å². The Bertz CT molecular complexity index is 984. The van der Waals surface area contributed by atoms with Crippen molar-refractivity contribution in [3.63, 3.8) is 0 Å². The molecule has 0 atom stereocenters. The lowest BCUT2D eigenvalue weighted by Crippen LogP contribution is -1.84. The van der Waals surface area contributed by atoms with Gasteiger partial charge < -0.3 is 4.74 Å². The lowest BCUT2D eigenvalue weighted by molar-refractivity contribution is 0.482. The molecule has 0 fully saturated rings. The quantitative estimate of drug-likeness (QED) is 0.313. The normalized spacial score (nSPS) is 11.2. The summed E-state index contributed by atoms with van der Waals surface area (Å²) in [5.41, 5.74) is 4.66. The first-order valence-electron chi connectivity index (χ1n) is 9.69. The molecular formula is C28H22O. The van der Waals surface area contributed by atoms with Gasteiger partial charge in [0.2, 0.25) is 0 Å². The van der Waals surface area contributed by atoms with E-state index in [-0.39, 0.29) is 0 Å². The molecule has 0 aliphatic heterocycles. The van der Waals surface area contributed by atoms with E-state index in [4.69, 9.17) is 4.74 Å².